The molecule has 0 saturated carbocycles. The normalized spacial score (nSPS) is 27.8. The summed E-state index contributed by atoms with van der Waals surface area (Å²) in [6.45, 7) is 7.44. The fourth-order valence-corrected chi connectivity index (χ4v) is 3.41. The van der Waals surface area contributed by atoms with Crippen molar-refractivity contribution in [3.05, 3.63) is 0 Å². The molecule has 0 aromatic heterocycles. The summed E-state index contributed by atoms with van der Waals surface area (Å²) >= 11 is 0. The average Bonchev–Trinajstić information content (AvgIpc) is 2.49. The van der Waals surface area contributed by atoms with Gasteiger partial charge in [0.2, 0.25) is 11.8 Å². The van der Waals surface area contributed by atoms with Crippen LogP contribution in [0.5, 0.6) is 0 Å². The third kappa shape index (κ3) is 3.95. The van der Waals surface area contributed by atoms with Crippen molar-refractivity contribution in [2.45, 2.75) is 45.2 Å². The molecule has 0 bridgehead atoms. The van der Waals surface area contributed by atoms with Gasteiger partial charge in [-0.2, -0.15) is 0 Å². The van der Waals surface area contributed by atoms with Crippen molar-refractivity contribution in [3.63, 3.8) is 0 Å². The van der Waals surface area contributed by atoms with E-state index in [-0.39, 0.29) is 11.8 Å². The Kier molecular flexibility index (Phi) is 5.58. The Hall–Kier alpha value is -1.14. The molecule has 120 valence electrons. The second kappa shape index (κ2) is 7.22. The first kappa shape index (κ1) is 16.2. The molecule has 2 atom stereocenters. The SMILES string of the molecule is CC(=O)N1CCN(C(=O)CN2C(C)CCCC2CN)CC1. The molecule has 2 fully saturated rings. The number of piperazine rings is 1. The highest BCUT2D eigenvalue weighted by Crippen LogP contribution is 2.22. The highest BCUT2D eigenvalue weighted by molar-refractivity contribution is 5.79. The number of amides is 2. The van der Waals surface area contributed by atoms with Gasteiger partial charge in [-0.25, -0.2) is 0 Å². The topological polar surface area (TPSA) is 69.9 Å². The molecule has 2 rings (SSSR count). The van der Waals surface area contributed by atoms with Gasteiger partial charge in [-0.05, 0) is 19.8 Å². The predicted molar refractivity (Wildman–Crippen MR) is 81.7 cm³/mol. The van der Waals surface area contributed by atoms with Crippen LogP contribution in [0.15, 0.2) is 0 Å². The zero-order valence-electron chi connectivity index (χ0n) is 13.3. The number of hydrogen-bond donors (Lipinski definition) is 1. The Bertz CT molecular complexity index is 380. The summed E-state index contributed by atoms with van der Waals surface area (Å²) in [5.74, 6) is 0.264. The molecule has 2 saturated heterocycles. The Balaban J connectivity index is 1.87. The van der Waals surface area contributed by atoms with E-state index >= 15 is 0 Å². The minimum absolute atomic E-state index is 0.0925. The summed E-state index contributed by atoms with van der Waals surface area (Å²) in [5, 5.41) is 0. The third-order valence-corrected chi connectivity index (χ3v) is 4.86. The van der Waals surface area contributed by atoms with Crippen LogP contribution in [0.1, 0.15) is 33.1 Å². The highest BCUT2D eigenvalue weighted by atomic mass is 16.2. The van der Waals surface area contributed by atoms with Crippen LogP contribution in [-0.4, -0.2) is 77.9 Å². The number of nitrogens with two attached hydrogens (primary N) is 1. The van der Waals surface area contributed by atoms with Crippen LogP contribution in [0.3, 0.4) is 0 Å². The van der Waals surface area contributed by atoms with E-state index in [9.17, 15) is 9.59 Å². The maximum atomic E-state index is 12.5. The molecule has 0 radical (unpaired) electrons. The molecule has 2 heterocycles. The molecule has 2 aliphatic heterocycles. The van der Waals surface area contributed by atoms with Crippen LogP contribution >= 0.6 is 0 Å². The van der Waals surface area contributed by atoms with Gasteiger partial charge in [0.05, 0.1) is 6.54 Å². The van der Waals surface area contributed by atoms with Crippen LogP contribution in [0.2, 0.25) is 0 Å². The molecule has 6 nitrogen and oxygen atoms in total. The van der Waals surface area contributed by atoms with E-state index in [4.69, 9.17) is 5.73 Å². The van der Waals surface area contributed by atoms with Gasteiger partial charge in [0, 0.05) is 51.7 Å². The van der Waals surface area contributed by atoms with E-state index in [0.717, 1.165) is 12.8 Å². The summed E-state index contributed by atoms with van der Waals surface area (Å²) in [6.07, 6.45) is 3.43. The van der Waals surface area contributed by atoms with Crippen molar-refractivity contribution < 1.29 is 9.59 Å². The van der Waals surface area contributed by atoms with E-state index in [0.29, 0.717) is 51.4 Å². The quantitative estimate of drug-likeness (QED) is 0.788. The van der Waals surface area contributed by atoms with E-state index in [1.165, 1.54) is 6.42 Å². The second-order valence-electron chi connectivity index (χ2n) is 6.23. The van der Waals surface area contributed by atoms with Gasteiger partial charge >= 0.3 is 0 Å². The van der Waals surface area contributed by atoms with Crippen LogP contribution in [0.4, 0.5) is 0 Å². The summed E-state index contributed by atoms with van der Waals surface area (Å²) in [6, 6.07) is 0.756. The zero-order valence-corrected chi connectivity index (χ0v) is 13.3. The maximum Gasteiger partial charge on any atom is 0.236 e. The molecule has 0 spiro atoms. The third-order valence-electron chi connectivity index (χ3n) is 4.86. The van der Waals surface area contributed by atoms with Crippen molar-refractivity contribution in [3.8, 4) is 0 Å². The van der Waals surface area contributed by atoms with E-state index in [2.05, 4.69) is 11.8 Å². The van der Waals surface area contributed by atoms with Gasteiger partial charge in [-0.1, -0.05) is 6.42 Å². The molecule has 2 N–H and O–H groups in total. The molecule has 2 aliphatic rings. The highest BCUT2D eigenvalue weighted by Gasteiger charge is 2.30. The summed E-state index contributed by atoms with van der Waals surface area (Å²) in [5.41, 5.74) is 5.85. The first-order valence-corrected chi connectivity index (χ1v) is 8.02. The zero-order chi connectivity index (χ0) is 15.4. The fraction of sp³-hybridized carbons (Fsp3) is 0.867. The summed E-state index contributed by atoms with van der Waals surface area (Å²) in [4.78, 5) is 29.8. The predicted octanol–water partition coefficient (Wildman–Crippen LogP) is -0.121. The lowest BCUT2D eigenvalue weighted by molar-refractivity contribution is -0.140. The van der Waals surface area contributed by atoms with Gasteiger partial charge in [0.1, 0.15) is 0 Å². The Labute approximate surface area is 127 Å². The van der Waals surface area contributed by atoms with Crippen molar-refractivity contribution >= 4 is 11.8 Å². The molecule has 0 aliphatic carbocycles. The van der Waals surface area contributed by atoms with Crippen LogP contribution < -0.4 is 5.73 Å². The number of hydrogen-bond acceptors (Lipinski definition) is 4. The average molecular weight is 296 g/mol. The van der Waals surface area contributed by atoms with Gasteiger partial charge in [0.15, 0.2) is 0 Å². The number of likely N-dealkylation sites (tertiary alicyclic amines) is 1. The fourth-order valence-electron chi connectivity index (χ4n) is 3.41. The Morgan fingerprint density at radius 1 is 1.10 bits per heavy atom. The number of carbonyl (C=O) groups excluding carboxylic acids is 2. The largest absolute Gasteiger partial charge is 0.339 e. The van der Waals surface area contributed by atoms with Gasteiger partial charge in [-0.15, -0.1) is 0 Å². The Morgan fingerprint density at radius 3 is 2.29 bits per heavy atom. The number of piperidine rings is 1. The lowest BCUT2D eigenvalue weighted by Crippen LogP contribution is -2.56. The molecule has 0 aromatic rings. The number of rotatable bonds is 3. The molecule has 6 heteroatoms. The lowest BCUT2D eigenvalue weighted by Gasteiger charge is -2.41. The van der Waals surface area contributed by atoms with Gasteiger partial charge in [0.25, 0.3) is 0 Å². The smallest absolute Gasteiger partial charge is 0.236 e. The van der Waals surface area contributed by atoms with E-state index in [1.807, 2.05) is 4.90 Å². The first-order chi connectivity index (χ1) is 10.0. The van der Waals surface area contributed by atoms with Crippen molar-refractivity contribution in [2.24, 2.45) is 5.73 Å². The Morgan fingerprint density at radius 2 is 1.71 bits per heavy atom. The summed E-state index contributed by atoms with van der Waals surface area (Å²) in [7, 11) is 0. The minimum Gasteiger partial charge on any atom is -0.339 e. The van der Waals surface area contributed by atoms with Crippen molar-refractivity contribution in [2.75, 3.05) is 39.3 Å². The second-order valence-corrected chi connectivity index (χ2v) is 6.23. The summed E-state index contributed by atoms with van der Waals surface area (Å²) < 4.78 is 0. The van der Waals surface area contributed by atoms with Crippen molar-refractivity contribution in [1.29, 1.82) is 0 Å². The lowest BCUT2D eigenvalue weighted by atomic mass is 9.96. The monoisotopic (exact) mass is 296 g/mol. The van der Waals surface area contributed by atoms with Crippen LogP contribution in [-0.2, 0) is 9.59 Å². The molecular formula is C15H28N4O2. The molecule has 21 heavy (non-hydrogen) atoms. The molecule has 2 unspecified atom stereocenters. The minimum atomic E-state index is 0.0925. The first-order valence-electron chi connectivity index (χ1n) is 8.02. The number of carbonyl (C=O) groups is 2. The maximum absolute atomic E-state index is 12.5. The molecule has 0 aromatic carbocycles. The number of nitrogens with zero attached hydrogens (tertiary/aromatic N) is 3. The molecular weight excluding hydrogens is 268 g/mol. The van der Waals surface area contributed by atoms with Crippen LogP contribution in [0, 0.1) is 0 Å². The van der Waals surface area contributed by atoms with Crippen LogP contribution in [0.25, 0.3) is 0 Å². The van der Waals surface area contributed by atoms with Crippen molar-refractivity contribution in [1.82, 2.24) is 14.7 Å². The van der Waals surface area contributed by atoms with Gasteiger partial charge in [-0.3, -0.25) is 14.5 Å². The molecule has 2 amide bonds. The van der Waals surface area contributed by atoms with E-state index < -0.39 is 0 Å². The van der Waals surface area contributed by atoms with Gasteiger partial charge < -0.3 is 15.5 Å². The standard InChI is InChI=1S/C15H28N4O2/c1-12-4-3-5-14(10-16)19(12)11-15(21)18-8-6-17(7-9-18)13(2)20/h12,14H,3-11,16H2,1-2H3. The van der Waals surface area contributed by atoms with E-state index in [1.54, 1.807) is 11.8 Å².